The van der Waals surface area contributed by atoms with E-state index < -0.39 is 0 Å². The van der Waals surface area contributed by atoms with Gasteiger partial charge in [0.1, 0.15) is 0 Å². The fraction of sp³-hybridized carbons (Fsp3) is 0.0741. The van der Waals surface area contributed by atoms with E-state index in [1.807, 2.05) is 0 Å². The monoisotopic (exact) mass is 686 g/mol. The Kier molecular flexibility index (Phi) is 6.76. The Morgan fingerprint density at radius 3 is 1.67 bits per heavy atom. The van der Waals surface area contributed by atoms with Crippen LogP contribution < -0.4 is 0 Å². The molecule has 0 radical (unpaired) electrons. The number of hydrogen-bond donors (Lipinski definition) is 0. The minimum absolute atomic E-state index is 0.0639. The molecule has 1 unspecified atom stereocenters. The normalized spacial score (nSPS) is 15.3. The summed E-state index contributed by atoms with van der Waals surface area (Å²) in [5.41, 5.74) is 17.2. The van der Waals surface area contributed by atoms with Crippen molar-refractivity contribution in [1.29, 1.82) is 0 Å². The molecule has 2 aliphatic carbocycles. The topological polar surface area (TPSA) is 0 Å². The maximum atomic E-state index is 2.48. The van der Waals surface area contributed by atoms with E-state index >= 15 is 0 Å². The highest BCUT2D eigenvalue weighted by Gasteiger charge is 2.37. The van der Waals surface area contributed by atoms with E-state index in [9.17, 15) is 0 Å². The molecule has 0 saturated carbocycles. The third-order valence-electron chi connectivity index (χ3n) is 12.4. The molecule has 0 N–H and O–H groups in total. The Morgan fingerprint density at radius 1 is 0.407 bits per heavy atom. The van der Waals surface area contributed by atoms with Crippen molar-refractivity contribution in [2.45, 2.75) is 25.2 Å². The molecule has 0 bridgehead atoms. The summed E-state index contributed by atoms with van der Waals surface area (Å²) < 4.78 is 0. The molecule has 2 aliphatic rings. The molecule has 9 aromatic carbocycles. The van der Waals surface area contributed by atoms with Crippen LogP contribution in [0, 0.1) is 0 Å². The van der Waals surface area contributed by atoms with Gasteiger partial charge in [0.15, 0.2) is 0 Å². The highest BCUT2D eigenvalue weighted by molar-refractivity contribution is 6.21. The summed E-state index contributed by atoms with van der Waals surface area (Å²) in [6, 6.07) is 67.9. The summed E-state index contributed by atoms with van der Waals surface area (Å²) in [5, 5.41) is 7.75. The average molecular weight is 687 g/mol. The third-order valence-corrected chi connectivity index (χ3v) is 12.4. The molecule has 9 aromatic rings. The zero-order chi connectivity index (χ0) is 36.0. The van der Waals surface area contributed by atoms with Gasteiger partial charge in [-0.05, 0) is 117 Å². The first-order valence-electron chi connectivity index (χ1n) is 19.1. The molecule has 0 fully saturated rings. The number of rotatable bonds is 4. The molecule has 0 saturated heterocycles. The lowest BCUT2D eigenvalue weighted by Gasteiger charge is -2.22. The lowest BCUT2D eigenvalue weighted by atomic mass is 9.81. The Hall–Kier alpha value is -6.50. The first-order chi connectivity index (χ1) is 26.6. The highest BCUT2D eigenvalue weighted by Crippen LogP contribution is 2.53. The van der Waals surface area contributed by atoms with E-state index in [0.717, 1.165) is 0 Å². The predicted octanol–water partition coefficient (Wildman–Crippen LogP) is 14.5. The van der Waals surface area contributed by atoms with Gasteiger partial charge in [0.05, 0.1) is 0 Å². The lowest BCUT2D eigenvalue weighted by molar-refractivity contribution is 0.661. The Labute approximate surface area is 316 Å². The van der Waals surface area contributed by atoms with Gasteiger partial charge in [-0.25, -0.2) is 0 Å². The Balaban J connectivity index is 1.09. The fourth-order valence-corrected chi connectivity index (χ4v) is 9.84. The first kappa shape index (κ1) is 31.1. The van der Waals surface area contributed by atoms with Crippen molar-refractivity contribution < 1.29 is 0 Å². The van der Waals surface area contributed by atoms with E-state index in [4.69, 9.17) is 0 Å². The average Bonchev–Trinajstić information content (AvgIpc) is 3.72. The van der Waals surface area contributed by atoms with Gasteiger partial charge in [0.2, 0.25) is 0 Å². The van der Waals surface area contributed by atoms with Crippen molar-refractivity contribution in [3.63, 3.8) is 0 Å². The number of fused-ring (bicyclic) bond motifs is 8. The van der Waals surface area contributed by atoms with E-state index in [1.54, 1.807) is 0 Å². The van der Waals surface area contributed by atoms with Crippen LogP contribution in [-0.2, 0) is 5.41 Å². The van der Waals surface area contributed by atoms with Gasteiger partial charge in [-0.2, -0.15) is 0 Å². The van der Waals surface area contributed by atoms with E-state index in [2.05, 4.69) is 202 Å². The van der Waals surface area contributed by atoms with E-state index in [0.29, 0.717) is 0 Å². The number of benzene rings is 9. The van der Waals surface area contributed by atoms with Crippen molar-refractivity contribution in [3.8, 4) is 33.4 Å². The van der Waals surface area contributed by atoms with E-state index in [-0.39, 0.29) is 11.3 Å². The Bertz CT molecular complexity index is 2940. The molecule has 0 aliphatic heterocycles. The van der Waals surface area contributed by atoms with Crippen molar-refractivity contribution in [2.75, 3.05) is 0 Å². The van der Waals surface area contributed by atoms with Crippen molar-refractivity contribution >= 4 is 44.0 Å². The van der Waals surface area contributed by atoms with Gasteiger partial charge in [-0.1, -0.05) is 190 Å². The predicted molar refractivity (Wildman–Crippen MR) is 230 cm³/mol. The van der Waals surface area contributed by atoms with Crippen LogP contribution in [0.5, 0.6) is 0 Å². The standard InChI is InChI=1S/C54H38/c1-54(2)48-30-29-39(33-47(48)53-40-18-8-6-16-35(40)28-31-49(53)54)52-44-22-12-10-20-42(44)51(43-21-11-13-23-45(43)52)37-26-24-36(25-27-37)50-41-19-9-7-17-38(41)32-46(50)34-14-4-3-5-15-34/h3-33,50H,1-2H3. The number of allylic oxidation sites excluding steroid dienone is 1. The highest BCUT2D eigenvalue weighted by atomic mass is 14.4. The molecule has 0 amide bonds. The van der Waals surface area contributed by atoms with Gasteiger partial charge < -0.3 is 0 Å². The summed E-state index contributed by atoms with van der Waals surface area (Å²) in [5.74, 6) is 0.195. The van der Waals surface area contributed by atoms with Gasteiger partial charge in [-0.15, -0.1) is 0 Å². The van der Waals surface area contributed by atoms with Crippen LogP contribution in [0.15, 0.2) is 182 Å². The van der Waals surface area contributed by atoms with Crippen molar-refractivity contribution in [2.24, 2.45) is 0 Å². The molecule has 254 valence electrons. The molecular formula is C54H38. The second kappa shape index (κ2) is 11.8. The third kappa shape index (κ3) is 4.50. The molecule has 0 heteroatoms. The molecule has 11 rings (SSSR count). The van der Waals surface area contributed by atoms with Crippen molar-refractivity contribution in [3.05, 3.63) is 215 Å². The van der Waals surface area contributed by atoms with Gasteiger partial charge >= 0.3 is 0 Å². The smallest absolute Gasteiger partial charge is 0.0352 e. The van der Waals surface area contributed by atoms with Gasteiger partial charge in [-0.3, -0.25) is 0 Å². The summed E-state index contributed by atoms with van der Waals surface area (Å²) in [4.78, 5) is 0. The quantitative estimate of drug-likeness (QED) is 0.162. The van der Waals surface area contributed by atoms with Gasteiger partial charge in [0, 0.05) is 11.3 Å². The molecular weight excluding hydrogens is 649 g/mol. The van der Waals surface area contributed by atoms with Crippen LogP contribution >= 0.6 is 0 Å². The Morgan fingerprint density at radius 2 is 0.963 bits per heavy atom. The summed E-state index contributed by atoms with van der Waals surface area (Å²) in [6.45, 7) is 4.75. The van der Waals surface area contributed by atoms with Crippen LogP contribution in [-0.4, -0.2) is 0 Å². The minimum atomic E-state index is -0.0639. The zero-order valence-corrected chi connectivity index (χ0v) is 30.5. The molecule has 0 aromatic heterocycles. The molecule has 0 nitrogen and oxygen atoms in total. The SMILES string of the molecule is CC1(C)c2ccc(-c3c4ccccc4c(-c4ccc(C5C(c6ccccc6)=Cc6ccccc65)cc4)c4ccccc34)cc2-c2c1ccc1ccccc21. The molecule has 54 heavy (non-hydrogen) atoms. The summed E-state index contributed by atoms with van der Waals surface area (Å²) in [7, 11) is 0. The molecule has 0 heterocycles. The number of hydrogen-bond acceptors (Lipinski definition) is 0. The molecule has 0 spiro atoms. The first-order valence-corrected chi connectivity index (χ1v) is 19.1. The van der Waals surface area contributed by atoms with E-state index in [1.165, 1.54) is 105 Å². The summed E-state index contributed by atoms with van der Waals surface area (Å²) >= 11 is 0. The van der Waals surface area contributed by atoms with Crippen LogP contribution in [0.3, 0.4) is 0 Å². The van der Waals surface area contributed by atoms with Crippen LogP contribution in [0.2, 0.25) is 0 Å². The van der Waals surface area contributed by atoms with Crippen molar-refractivity contribution in [1.82, 2.24) is 0 Å². The van der Waals surface area contributed by atoms with Crippen LogP contribution in [0.4, 0.5) is 0 Å². The lowest BCUT2D eigenvalue weighted by Crippen LogP contribution is -2.14. The maximum Gasteiger partial charge on any atom is 0.0352 e. The second-order valence-electron chi connectivity index (χ2n) is 15.6. The zero-order valence-electron chi connectivity index (χ0n) is 30.5. The van der Waals surface area contributed by atoms with Crippen LogP contribution in [0.25, 0.3) is 77.3 Å². The van der Waals surface area contributed by atoms with Gasteiger partial charge in [0.25, 0.3) is 0 Å². The minimum Gasteiger partial charge on any atom is -0.0622 e. The summed E-state index contributed by atoms with van der Waals surface area (Å²) in [6.07, 6.45) is 2.38. The molecule has 1 atom stereocenters. The van der Waals surface area contributed by atoms with Crippen LogP contribution in [0.1, 0.15) is 53.1 Å². The fourth-order valence-electron chi connectivity index (χ4n) is 9.84. The maximum absolute atomic E-state index is 2.48. The largest absolute Gasteiger partial charge is 0.0622 e. The second-order valence-corrected chi connectivity index (χ2v) is 15.6.